The Bertz CT molecular complexity index is 746. The van der Waals surface area contributed by atoms with E-state index in [-0.39, 0.29) is 23.7 Å². The van der Waals surface area contributed by atoms with Gasteiger partial charge >= 0.3 is 0 Å². The Morgan fingerprint density at radius 1 is 1.00 bits per heavy atom. The van der Waals surface area contributed by atoms with Crippen molar-refractivity contribution in [2.45, 2.75) is 26.2 Å². The molecule has 0 aromatic heterocycles. The van der Waals surface area contributed by atoms with E-state index in [1.54, 1.807) is 31.4 Å². The molecule has 2 amide bonds. The number of ether oxygens (including phenoxy) is 1. The number of amides is 2. The van der Waals surface area contributed by atoms with Crippen LogP contribution in [0.3, 0.4) is 0 Å². The molecule has 144 valence electrons. The fourth-order valence-corrected chi connectivity index (χ4v) is 2.97. The predicted molar refractivity (Wildman–Crippen MR) is 107 cm³/mol. The third-order valence-corrected chi connectivity index (χ3v) is 4.70. The summed E-state index contributed by atoms with van der Waals surface area (Å²) in [6.45, 7) is 4.92. The molecule has 5 heteroatoms. The van der Waals surface area contributed by atoms with Gasteiger partial charge in [0.25, 0.3) is 5.91 Å². The first-order valence-electron chi connectivity index (χ1n) is 9.31. The Morgan fingerprint density at radius 2 is 1.70 bits per heavy atom. The molecule has 0 aliphatic carbocycles. The summed E-state index contributed by atoms with van der Waals surface area (Å²) in [5.41, 5.74) is 1.55. The predicted octanol–water partition coefficient (Wildman–Crippen LogP) is 3.37. The molecule has 2 atom stereocenters. The van der Waals surface area contributed by atoms with Crippen molar-refractivity contribution in [2.75, 3.05) is 20.2 Å². The molecule has 2 rings (SSSR count). The zero-order valence-corrected chi connectivity index (χ0v) is 16.2. The van der Waals surface area contributed by atoms with Gasteiger partial charge in [0, 0.05) is 18.7 Å². The molecule has 0 aliphatic heterocycles. The summed E-state index contributed by atoms with van der Waals surface area (Å²) in [5.74, 6) is 0.482. The second-order valence-electron chi connectivity index (χ2n) is 6.55. The minimum atomic E-state index is -0.190. The lowest BCUT2D eigenvalue weighted by Crippen LogP contribution is -2.38. The number of hydrogen-bond donors (Lipinski definition) is 2. The van der Waals surface area contributed by atoms with Crippen molar-refractivity contribution in [3.8, 4) is 5.75 Å². The molecule has 0 radical (unpaired) electrons. The summed E-state index contributed by atoms with van der Waals surface area (Å²) in [6, 6.07) is 16.8. The summed E-state index contributed by atoms with van der Waals surface area (Å²) in [5, 5.41) is 5.77. The molecule has 0 heterocycles. The van der Waals surface area contributed by atoms with E-state index in [0.29, 0.717) is 24.4 Å². The van der Waals surface area contributed by atoms with Crippen LogP contribution in [-0.4, -0.2) is 32.0 Å². The second-order valence-corrected chi connectivity index (χ2v) is 6.55. The van der Waals surface area contributed by atoms with Crippen LogP contribution in [0.2, 0.25) is 0 Å². The third kappa shape index (κ3) is 5.84. The highest BCUT2D eigenvalue weighted by atomic mass is 16.5. The van der Waals surface area contributed by atoms with E-state index < -0.39 is 0 Å². The average molecular weight is 368 g/mol. The Kier molecular flexibility index (Phi) is 7.86. The smallest absolute Gasteiger partial charge is 0.251 e. The number of methoxy groups -OCH3 is 1. The Labute approximate surface area is 161 Å². The van der Waals surface area contributed by atoms with E-state index in [9.17, 15) is 9.59 Å². The van der Waals surface area contributed by atoms with Crippen molar-refractivity contribution in [2.24, 2.45) is 5.92 Å². The minimum absolute atomic E-state index is 0.00817. The Morgan fingerprint density at radius 3 is 2.37 bits per heavy atom. The van der Waals surface area contributed by atoms with E-state index in [1.165, 1.54) is 0 Å². The summed E-state index contributed by atoms with van der Waals surface area (Å²) in [7, 11) is 1.56. The molecule has 5 nitrogen and oxygen atoms in total. The normalized spacial score (nSPS) is 12.7. The molecule has 0 saturated heterocycles. The van der Waals surface area contributed by atoms with Crippen molar-refractivity contribution in [1.82, 2.24) is 10.6 Å². The number of carbonyl (C=O) groups excluding carboxylic acids is 2. The molecule has 0 fully saturated rings. The van der Waals surface area contributed by atoms with Crippen LogP contribution in [0.1, 0.15) is 42.1 Å². The molecule has 0 aliphatic rings. The SMILES string of the molecule is CCC(C)C(C(=O)NCCNC(=O)c1cccc(OC)c1)c1ccccc1. The van der Waals surface area contributed by atoms with Gasteiger partial charge in [-0.2, -0.15) is 0 Å². The number of benzene rings is 2. The largest absolute Gasteiger partial charge is 0.497 e. The van der Waals surface area contributed by atoms with Crippen LogP contribution in [0, 0.1) is 5.92 Å². The van der Waals surface area contributed by atoms with Gasteiger partial charge in [-0.1, -0.05) is 56.7 Å². The minimum Gasteiger partial charge on any atom is -0.497 e. The van der Waals surface area contributed by atoms with E-state index in [0.717, 1.165) is 12.0 Å². The Balaban J connectivity index is 1.87. The fourth-order valence-electron chi connectivity index (χ4n) is 2.97. The quantitative estimate of drug-likeness (QED) is 0.667. The molecular formula is C22H28N2O3. The van der Waals surface area contributed by atoms with Gasteiger partial charge in [-0.3, -0.25) is 9.59 Å². The fraction of sp³-hybridized carbons (Fsp3) is 0.364. The van der Waals surface area contributed by atoms with E-state index >= 15 is 0 Å². The average Bonchev–Trinajstić information content (AvgIpc) is 2.71. The van der Waals surface area contributed by atoms with E-state index in [2.05, 4.69) is 24.5 Å². The molecular weight excluding hydrogens is 340 g/mol. The van der Waals surface area contributed by atoms with Crippen LogP contribution in [0.15, 0.2) is 54.6 Å². The molecule has 2 aromatic rings. The zero-order chi connectivity index (χ0) is 19.6. The molecule has 2 aromatic carbocycles. The summed E-state index contributed by atoms with van der Waals surface area (Å²) in [4.78, 5) is 24.9. The van der Waals surface area contributed by atoms with Crippen LogP contribution < -0.4 is 15.4 Å². The van der Waals surface area contributed by atoms with Crippen LogP contribution >= 0.6 is 0 Å². The number of hydrogen-bond acceptors (Lipinski definition) is 3. The van der Waals surface area contributed by atoms with Crippen molar-refractivity contribution < 1.29 is 14.3 Å². The summed E-state index contributed by atoms with van der Waals surface area (Å²) in [6.07, 6.45) is 0.916. The maximum absolute atomic E-state index is 12.7. The first-order valence-corrected chi connectivity index (χ1v) is 9.31. The van der Waals surface area contributed by atoms with Gasteiger partial charge in [0.1, 0.15) is 5.75 Å². The van der Waals surface area contributed by atoms with Gasteiger partial charge < -0.3 is 15.4 Å². The summed E-state index contributed by atoms with van der Waals surface area (Å²) >= 11 is 0. The highest BCUT2D eigenvalue weighted by Crippen LogP contribution is 2.27. The topological polar surface area (TPSA) is 67.4 Å². The molecule has 2 N–H and O–H groups in total. The van der Waals surface area contributed by atoms with Crippen LogP contribution in [0.25, 0.3) is 0 Å². The molecule has 0 saturated carbocycles. The van der Waals surface area contributed by atoms with E-state index in [4.69, 9.17) is 4.74 Å². The standard InChI is InChI=1S/C22H28N2O3/c1-4-16(2)20(17-9-6-5-7-10-17)22(26)24-14-13-23-21(25)18-11-8-12-19(15-18)27-3/h5-12,15-16,20H,4,13-14H2,1-3H3,(H,23,25)(H,24,26). The lowest BCUT2D eigenvalue weighted by atomic mass is 9.85. The highest BCUT2D eigenvalue weighted by molar-refractivity contribution is 5.94. The third-order valence-electron chi connectivity index (χ3n) is 4.70. The molecule has 0 bridgehead atoms. The monoisotopic (exact) mass is 368 g/mol. The van der Waals surface area contributed by atoms with Crippen LogP contribution in [-0.2, 0) is 4.79 Å². The molecule has 2 unspecified atom stereocenters. The second kappa shape index (κ2) is 10.4. The number of nitrogens with one attached hydrogen (secondary N) is 2. The Hall–Kier alpha value is -2.82. The van der Waals surface area contributed by atoms with Gasteiger partial charge in [0.15, 0.2) is 0 Å². The molecule has 27 heavy (non-hydrogen) atoms. The van der Waals surface area contributed by atoms with Gasteiger partial charge in [-0.25, -0.2) is 0 Å². The van der Waals surface area contributed by atoms with Gasteiger partial charge in [0.05, 0.1) is 13.0 Å². The van der Waals surface area contributed by atoms with E-state index in [1.807, 2.05) is 30.3 Å². The molecule has 0 spiro atoms. The van der Waals surface area contributed by atoms with Gasteiger partial charge in [0.2, 0.25) is 5.91 Å². The van der Waals surface area contributed by atoms with Crippen molar-refractivity contribution in [3.05, 3.63) is 65.7 Å². The lowest BCUT2D eigenvalue weighted by Gasteiger charge is -2.22. The maximum Gasteiger partial charge on any atom is 0.251 e. The maximum atomic E-state index is 12.7. The lowest BCUT2D eigenvalue weighted by molar-refractivity contribution is -0.123. The first-order chi connectivity index (χ1) is 13.1. The van der Waals surface area contributed by atoms with Crippen molar-refractivity contribution in [3.63, 3.8) is 0 Å². The van der Waals surface area contributed by atoms with Crippen molar-refractivity contribution >= 4 is 11.8 Å². The van der Waals surface area contributed by atoms with Crippen LogP contribution in [0.5, 0.6) is 5.75 Å². The highest BCUT2D eigenvalue weighted by Gasteiger charge is 2.25. The zero-order valence-electron chi connectivity index (χ0n) is 16.2. The summed E-state index contributed by atoms with van der Waals surface area (Å²) < 4.78 is 5.13. The van der Waals surface area contributed by atoms with Crippen molar-refractivity contribution in [1.29, 1.82) is 0 Å². The number of rotatable bonds is 9. The first kappa shape index (κ1) is 20.5. The van der Waals surface area contributed by atoms with Gasteiger partial charge in [-0.05, 0) is 29.7 Å². The van der Waals surface area contributed by atoms with Gasteiger partial charge in [-0.15, -0.1) is 0 Å². The van der Waals surface area contributed by atoms with Crippen LogP contribution in [0.4, 0.5) is 0 Å². The number of carbonyl (C=O) groups is 2.